The van der Waals surface area contributed by atoms with Gasteiger partial charge in [0, 0.05) is 34.4 Å². The van der Waals surface area contributed by atoms with Gasteiger partial charge in [0.2, 0.25) is 15.7 Å². The molecule has 1 unspecified atom stereocenters. The molecule has 4 rings (SSSR count). The van der Waals surface area contributed by atoms with Crippen LogP contribution in [0.2, 0.25) is 5.02 Å². The molecule has 0 radical (unpaired) electrons. The molecule has 1 amide bonds. The van der Waals surface area contributed by atoms with E-state index in [2.05, 4.69) is 20.6 Å². The van der Waals surface area contributed by atoms with Gasteiger partial charge < -0.3 is 15.6 Å². The topological polar surface area (TPSA) is 104 Å². The second-order valence-electron chi connectivity index (χ2n) is 7.27. The molecule has 2 aromatic carbocycles. The van der Waals surface area contributed by atoms with E-state index >= 15 is 0 Å². The van der Waals surface area contributed by atoms with E-state index in [9.17, 15) is 13.2 Å². The lowest BCUT2D eigenvalue weighted by Crippen LogP contribution is -2.30. The molecule has 0 aliphatic rings. The number of anilines is 1. The number of rotatable bonds is 7. The standard InChI is InChI=1S/C23H21ClN4O3S/c1-15(16-6-5-11-25-13-16)26-14-21(29)28-23-22(19-12-17(24)9-10-20(19)27-23)32(30,31)18-7-3-2-4-8-18/h2-13,15,26-27H,14H2,1H3,(H,28,29). The summed E-state index contributed by atoms with van der Waals surface area (Å²) in [5.41, 5.74) is 1.49. The molecule has 0 aliphatic carbocycles. The highest BCUT2D eigenvalue weighted by Crippen LogP contribution is 2.36. The van der Waals surface area contributed by atoms with E-state index in [1.807, 2.05) is 19.1 Å². The Morgan fingerprint density at radius 1 is 1.12 bits per heavy atom. The summed E-state index contributed by atoms with van der Waals surface area (Å²) >= 11 is 6.13. The van der Waals surface area contributed by atoms with Crippen LogP contribution in [-0.2, 0) is 14.6 Å². The van der Waals surface area contributed by atoms with E-state index < -0.39 is 9.84 Å². The van der Waals surface area contributed by atoms with E-state index in [-0.39, 0.29) is 34.1 Å². The fourth-order valence-electron chi connectivity index (χ4n) is 3.40. The number of carbonyl (C=O) groups is 1. The van der Waals surface area contributed by atoms with Gasteiger partial charge in [0.15, 0.2) is 0 Å². The smallest absolute Gasteiger partial charge is 0.239 e. The van der Waals surface area contributed by atoms with Crippen molar-refractivity contribution in [1.29, 1.82) is 0 Å². The quantitative estimate of drug-likeness (QED) is 0.374. The van der Waals surface area contributed by atoms with Crippen LogP contribution in [-0.4, -0.2) is 30.8 Å². The van der Waals surface area contributed by atoms with Gasteiger partial charge >= 0.3 is 0 Å². The van der Waals surface area contributed by atoms with Crippen LogP contribution in [0.5, 0.6) is 0 Å². The monoisotopic (exact) mass is 468 g/mol. The van der Waals surface area contributed by atoms with Crippen LogP contribution in [0.4, 0.5) is 5.82 Å². The minimum absolute atomic E-state index is 0.0169. The summed E-state index contributed by atoms with van der Waals surface area (Å²) in [5, 5.41) is 6.63. The number of pyridine rings is 1. The van der Waals surface area contributed by atoms with Crippen LogP contribution in [0.25, 0.3) is 10.9 Å². The number of aromatic nitrogens is 2. The average Bonchev–Trinajstić information content (AvgIpc) is 3.16. The van der Waals surface area contributed by atoms with Crippen LogP contribution >= 0.6 is 11.6 Å². The summed E-state index contributed by atoms with van der Waals surface area (Å²) in [7, 11) is -3.92. The molecule has 7 nitrogen and oxygen atoms in total. The molecule has 3 N–H and O–H groups in total. The van der Waals surface area contributed by atoms with Crippen molar-refractivity contribution in [3.63, 3.8) is 0 Å². The number of benzene rings is 2. The number of hydrogen-bond acceptors (Lipinski definition) is 5. The second kappa shape index (κ2) is 9.12. The molecule has 2 aromatic heterocycles. The Morgan fingerprint density at radius 3 is 2.62 bits per heavy atom. The first kappa shape index (κ1) is 22.0. The van der Waals surface area contributed by atoms with Crippen LogP contribution < -0.4 is 10.6 Å². The van der Waals surface area contributed by atoms with Crippen molar-refractivity contribution in [2.24, 2.45) is 0 Å². The average molecular weight is 469 g/mol. The lowest BCUT2D eigenvalue weighted by atomic mass is 10.1. The van der Waals surface area contributed by atoms with Crippen LogP contribution in [0.3, 0.4) is 0 Å². The molecule has 2 heterocycles. The van der Waals surface area contributed by atoms with Gasteiger partial charge in [0.05, 0.1) is 11.4 Å². The third-order valence-corrected chi connectivity index (χ3v) is 7.14. The van der Waals surface area contributed by atoms with Crippen molar-refractivity contribution in [2.45, 2.75) is 22.8 Å². The molecule has 0 saturated heterocycles. The van der Waals surface area contributed by atoms with E-state index in [1.165, 1.54) is 12.1 Å². The zero-order chi connectivity index (χ0) is 22.7. The number of amides is 1. The molecule has 0 spiro atoms. The van der Waals surface area contributed by atoms with Crippen molar-refractivity contribution in [3.8, 4) is 0 Å². The second-order valence-corrected chi connectivity index (χ2v) is 9.60. The minimum Gasteiger partial charge on any atom is -0.340 e. The highest BCUT2D eigenvalue weighted by Gasteiger charge is 2.27. The number of nitrogens with one attached hydrogen (secondary N) is 3. The normalized spacial score (nSPS) is 12.6. The molecule has 9 heteroatoms. The summed E-state index contributed by atoms with van der Waals surface area (Å²) in [6.07, 6.45) is 3.40. The molecule has 0 bridgehead atoms. The van der Waals surface area contributed by atoms with E-state index in [4.69, 9.17) is 11.6 Å². The highest BCUT2D eigenvalue weighted by atomic mass is 35.5. The lowest BCUT2D eigenvalue weighted by Gasteiger charge is -2.14. The number of hydrogen-bond donors (Lipinski definition) is 3. The predicted molar refractivity (Wildman–Crippen MR) is 124 cm³/mol. The van der Waals surface area contributed by atoms with Crippen molar-refractivity contribution < 1.29 is 13.2 Å². The molecule has 1 atom stereocenters. The van der Waals surface area contributed by atoms with Gasteiger partial charge in [0.25, 0.3) is 0 Å². The fourth-order valence-corrected chi connectivity index (χ4v) is 5.16. The Kier molecular flexibility index (Phi) is 6.27. The maximum absolute atomic E-state index is 13.4. The number of nitrogens with zero attached hydrogens (tertiary/aromatic N) is 1. The fraction of sp³-hybridized carbons (Fsp3) is 0.130. The Morgan fingerprint density at radius 2 is 1.91 bits per heavy atom. The maximum atomic E-state index is 13.4. The van der Waals surface area contributed by atoms with Crippen molar-refractivity contribution in [2.75, 3.05) is 11.9 Å². The van der Waals surface area contributed by atoms with Crippen molar-refractivity contribution in [3.05, 3.63) is 83.6 Å². The molecular formula is C23H21ClN4O3S. The van der Waals surface area contributed by atoms with Crippen LogP contribution in [0.1, 0.15) is 18.5 Å². The Balaban J connectivity index is 1.64. The minimum atomic E-state index is -3.92. The molecule has 0 saturated carbocycles. The van der Waals surface area contributed by atoms with Gasteiger partial charge in [-0.25, -0.2) is 8.42 Å². The maximum Gasteiger partial charge on any atom is 0.239 e. The zero-order valence-corrected chi connectivity index (χ0v) is 18.7. The van der Waals surface area contributed by atoms with Gasteiger partial charge in [-0.1, -0.05) is 35.9 Å². The van der Waals surface area contributed by atoms with Crippen LogP contribution in [0, 0.1) is 0 Å². The summed E-state index contributed by atoms with van der Waals surface area (Å²) < 4.78 is 26.9. The molecule has 32 heavy (non-hydrogen) atoms. The number of sulfone groups is 1. The first-order chi connectivity index (χ1) is 15.4. The van der Waals surface area contributed by atoms with Gasteiger partial charge in [-0.15, -0.1) is 0 Å². The van der Waals surface area contributed by atoms with E-state index in [0.29, 0.717) is 15.9 Å². The Hall–Kier alpha value is -3.20. The van der Waals surface area contributed by atoms with E-state index in [0.717, 1.165) is 5.56 Å². The zero-order valence-electron chi connectivity index (χ0n) is 17.2. The van der Waals surface area contributed by atoms with Gasteiger partial charge in [-0.05, 0) is 48.9 Å². The third kappa shape index (κ3) is 4.52. The summed E-state index contributed by atoms with van der Waals surface area (Å²) in [4.78, 5) is 19.9. The number of halogens is 1. The highest BCUT2D eigenvalue weighted by molar-refractivity contribution is 7.92. The lowest BCUT2D eigenvalue weighted by molar-refractivity contribution is -0.115. The van der Waals surface area contributed by atoms with E-state index in [1.54, 1.807) is 48.8 Å². The summed E-state index contributed by atoms with van der Waals surface area (Å²) in [5.74, 6) is -0.283. The molecule has 4 aromatic rings. The molecular weight excluding hydrogens is 448 g/mol. The molecule has 164 valence electrons. The third-order valence-electron chi connectivity index (χ3n) is 5.05. The number of fused-ring (bicyclic) bond motifs is 1. The molecule has 0 fully saturated rings. The first-order valence-electron chi connectivity index (χ1n) is 9.91. The van der Waals surface area contributed by atoms with Gasteiger partial charge in [-0.2, -0.15) is 0 Å². The summed E-state index contributed by atoms with van der Waals surface area (Å²) in [6, 6.07) is 16.6. The number of H-pyrrole nitrogens is 1. The SMILES string of the molecule is CC(NCC(=O)Nc1[nH]c2ccc(Cl)cc2c1S(=O)(=O)c1ccccc1)c1cccnc1. The largest absolute Gasteiger partial charge is 0.340 e. The Labute approximate surface area is 190 Å². The van der Waals surface area contributed by atoms with Crippen molar-refractivity contribution in [1.82, 2.24) is 15.3 Å². The van der Waals surface area contributed by atoms with Crippen LogP contribution in [0.15, 0.2) is 82.8 Å². The number of aromatic amines is 1. The molecule has 0 aliphatic heterocycles. The van der Waals surface area contributed by atoms with Gasteiger partial charge in [0.1, 0.15) is 10.7 Å². The summed E-state index contributed by atoms with van der Waals surface area (Å²) in [6.45, 7) is 1.90. The first-order valence-corrected chi connectivity index (χ1v) is 11.8. The number of carbonyl (C=O) groups excluding carboxylic acids is 1. The Bertz CT molecular complexity index is 1360. The predicted octanol–water partition coefficient (Wildman–Crippen LogP) is 4.34. The van der Waals surface area contributed by atoms with Crippen molar-refractivity contribution >= 4 is 44.1 Å². The van der Waals surface area contributed by atoms with Gasteiger partial charge in [-0.3, -0.25) is 9.78 Å².